The lowest BCUT2D eigenvalue weighted by Gasteiger charge is -2.19. The third-order valence-corrected chi connectivity index (χ3v) is 5.94. The Labute approximate surface area is 194 Å². The van der Waals surface area contributed by atoms with Crippen LogP contribution in [0.3, 0.4) is 0 Å². The van der Waals surface area contributed by atoms with Crippen LogP contribution in [0.5, 0.6) is 0 Å². The smallest absolute Gasteiger partial charge is 0.328 e. The minimum Gasteiger partial charge on any atom is -0.463 e. The van der Waals surface area contributed by atoms with E-state index in [1.165, 1.54) is 10.8 Å². The van der Waals surface area contributed by atoms with Crippen LogP contribution in [0.4, 0.5) is 0 Å². The van der Waals surface area contributed by atoms with Crippen LogP contribution in [0.1, 0.15) is 24.8 Å². The van der Waals surface area contributed by atoms with Gasteiger partial charge in [-0.15, -0.1) is 12.4 Å². The fourth-order valence-electron chi connectivity index (χ4n) is 3.67. The molecule has 31 heavy (non-hydrogen) atoms. The first-order chi connectivity index (χ1) is 14.7. The summed E-state index contributed by atoms with van der Waals surface area (Å²) in [5, 5.41) is 11.7. The van der Waals surface area contributed by atoms with E-state index in [0.717, 1.165) is 30.7 Å². The van der Waals surface area contributed by atoms with Gasteiger partial charge in [-0.1, -0.05) is 42.5 Å². The van der Waals surface area contributed by atoms with Crippen molar-refractivity contribution in [3.8, 4) is 0 Å². The first-order valence-corrected chi connectivity index (χ1v) is 11.9. The molecule has 1 saturated heterocycles. The Balaban J connectivity index is 0.00000341. The van der Waals surface area contributed by atoms with Gasteiger partial charge in [-0.25, -0.2) is 4.79 Å². The fraction of sp³-hybridized carbons (Fsp3) is 0.478. The molecule has 2 atom stereocenters. The molecule has 1 aliphatic heterocycles. The maximum atomic E-state index is 12.5. The molecule has 170 valence electrons. The summed E-state index contributed by atoms with van der Waals surface area (Å²) in [6.45, 7) is 2.07. The van der Waals surface area contributed by atoms with Crippen molar-refractivity contribution in [3.63, 3.8) is 0 Å². The summed E-state index contributed by atoms with van der Waals surface area (Å²) in [6, 6.07) is 14.0. The molecule has 2 aromatic rings. The van der Waals surface area contributed by atoms with E-state index in [9.17, 15) is 9.59 Å². The molecule has 6 nitrogen and oxygen atoms in total. The maximum Gasteiger partial charge on any atom is 0.328 e. The molecule has 8 heteroatoms. The Morgan fingerprint density at radius 1 is 1.23 bits per heavy atom. The largest absolute Gasteiger partial charge is 0.463 e. The van der Waals surface area contributed by atoms with E-state index < -0.39 is 6.04 Å². The van der Waals surface area contributed by atoms with Gasteiger partial charge < -0.3 is 20.7 Å². The second-order valence-corrected chi connectivity index (χ2v) is 8.55. The lowest BCUT2D eigenvalue weighted by Crippen LogP contribution is -2.46. The van der Waals surface area contributed by atoms with Crippen molar-refractivity contribution >= 4 is 46.8 Å². The SMILES string of the molecule is CSCCC(NC(=O)CNCc1cccc2ccccc12)C(=O)OC[C@@H]1CCCN1.Cl. The molecule has 3 N–H and O–H groups in total. The third-order valence-electron chi connectivity index (χ3n) is 5.30. The molecule has 1 unspecified atom stereocenters. The summed E-state index contributed by atoms with van der Waals surface area (Å²) in [7, 11) is 0. The monoisotopic (exact) mass is 465 g/mol. The first-order valence-electron chi connectivity index (χ1n) is 10.5. The van der Waals surface area contributed by atoms with Gasteiger partial charge in [0.05, 0.1) is 6.54 Å². The molecular formula is C23H32ClN3O3S. The average molecular weight is 466 g/mol. The highest BCUT2D eigenvalue weighted by molar-refractivity contribution is 7.98. The number of nitrogens with one attached hydrogen (secondary N) is 3. The van der Waals surface area contributed by atoms with Crippen LogP contribution in [0.2, 0.25) is 0 Å². The number of ether oxygens (including phenoxy) is 1. The highest BCUT2D eigenvalue weighted by Gasteiger charge is 2.24. The number of rotatable bonds is 11. The topological polar surface area (TPSA) is 79.5 Å². The number of esters is 1. The zero-order chi connectivity index (χ0) is 21.2. The Bertz CT molecular complexity index is 840. The minimum atomic E-state index is -0.606. The van der Waals surface area contributed by atoms with Crippen LogP contribution < -0.4 is 16.0 Å². The zero-order valence-electron chi connectivity index (χ0n) is 17.9. The number of carbonyl (C=O) groups is 2. The van der Waals surface area contributed by atoms with E-state index in [1.54, 1.807) is 11.8 Å². The van der Waals surface area contributed by atoms with Gasteiger partial charge in [-0.2, -0.15) is 11.8 Å². The number of amides is 1. The fourth-order valence-corrected chi connectivity index (χ4v) is 4.14. The summed E-state index contributed by atoms with van der Waals surface area (Å²) >= 11 is 1.65. The molecule has 3 rings (SSSR count). The van der Waals surface area contributed by atoms with Gasteiger partial charge in [0.2, 0.25) is 5.91 Å². The van der Waals surface area contributed by atoms with E-state index in [1.807, 2.05) is 24.5 Å². The summed E-state index contributed by atoms with van der Waals surface area (Å²) < 4.78 is 5.46. The van der Waals surface area contributed by atoms with E-state index in [-0.39, 0.29) is 36.9 Å². The van der Waals surface area contributed by atoms with Gasteiger partial charge in [0, 0.05) is 12.6 Å². The van der Waals surface area contributed by atoms with E-state index in [4.69, 9.17) is 4.74 Å². The highest BCUT2D eigenvalue weighted by atomic mass is 35.5. The van der Waals surface area contributed by atoms with Crippen molar-refractivity contribution < 1.29 is 14.3 Å². The molecule has 0 radical (unpaired) electrons. The third kappa shape index (κ3) is 8.00. The van der Waals surface area contributed by atoms with Gasteiger partial charge in [0.1, 0.15) is 12.6 Å². The van der Waals surface area contributed by atoms with Crippen molar-refractivity contribution in [3.05, 3.63) is 48.0 Å². The van der Waals surface area contributed by atoms with E-state index in [0.29, 0.717) is 19.6 Å². The van der Waals surface area contributed by atoms with Gasteiger partial charge >= 0.3 is 5.97 Å². The molecule has 0 aliphatic carbocycles. The van der Waals surface area contributed by atoms with Crippen molar-refractivity contribution in [2.45, 2.75) is 37.9 Å². The molecule has 1 fully saturated rings. The number of carbonyl (C=O) groups excluding carboxylic acids is 2. The van der Waals surface area contributed by atoms with Crippen LogP contribution in [-0.4, -0.2) is 55.7 Å². The van der Waals surface area contributed by atoms with Crippen molar-refractivity contribution in [1.82, 2.24) is 16.0 Å². The number of fused-ring (bicyclic) bond motifs is 1. The van der Waals surface area contributed by atoms with Gasteiger partial charge in [-0.05, 0) is 54.2 Å². The first kappa shape index (κ1) is 25.5. The van der Waals surface area contributed by atoms with Crippen LogP contribution in [0.25, 0.3) is 10.8 Å². The van der Waals surface area contributed by atoms with Crippen LogP contribution >= 0.6 is 24.2 Å². The van der Waals surface area contributed by atoms with Gasteiger partial charge in [-0.3, -0.25) is 4.79 Å². The molecule has 0 aromatic heterocycles. The van der Waals surface area contributed by atoms with Gasteiger partial charge in [0.25, 0.3) is 0 Å². The number of thioether (sulfide) groups is 1. The van der Waals surface area contributed by atoms with Crippen molar-refractivity contribution in [2.75, 3.05) is 31.7 Å². The van der Waals surface area contributed by atoms with E-state index >= 15 is 0 Å². The normalized spacial score (nSPS) is 16.5. The molecule has 1 amide bonds. The van der Waals surface area contributed by atoms with Crippen LogP contribution in [0.15, 0.2) is 42.5 Å². The highest BCUT2D eigenvalue weighted by Crippen LogP contribution is 2.18. The predicted molar refractivity (Wildman–Crippen MR) is 130 cm³/mol. The summed E-state index contributed by atoms with van der Waals surface area (Å²) in [4.78, 5) is 24.9. The number of hydrogen-bond acceptors (Lipinski definition) is 6. The van der Waals surface area contributed by atoms with Crippen LogP contribution in [-0.2, 0) is 20.9 Å². The number of halogens is 1. The lowest BCUT2D eigenvalue weighted by molar-refractivity contribution is -0.148. The molecule has 0 bridgehead atoms. The number of benzene rings is 2. The predicted octanol–water partition coefficient (Wildman–Crippen LogP) is 2.88. The summed E-state index contributed by atoms with van der Waals surface area (Å²) in [5.41, 5.74) is 1.14. The quantitative estimate of drug-likeness (QED) is 0.443. The molecule has 1 aliphatic rings. The minimum absolute atomic E-state index is 0. The molecule has 2 aromatic carbocycles. The molecule has 0 saturated carbocycles. The van der Waals surface area contributed by atoms with Crippen molar-refractivity contribution in [1.29, 1.82) is 0 Å². The Morgan fingerprint density at radius 2 is 2.03 bits per heavy atom. The Kier molecular flexibility index (Phi) is 11.2. The number of hydrogen-bond donors (Lipinski definition) is 3. The average Bonchev–Trinajstić information content (AvgIpc) is 3.29. The Morgan fingerprint density at radius 3 is 2.81 bits per heavy atom. The van der Waals surface area contributed by atoms with Gasteiger partial charge in [0.15, 0.2) is 0 Å². The standard InChI is InChI=1S/C23H31N3O3S.ClH/c1-30-13-11-21(23(28)29-16-19-9-5-12-25-19)26-22(27)15-24-14-18-8-4-7-17-6-2-3-10-20(17)18;/h2-4,6-8,10,19,21,24-25H,5,9,11-16H2,1H3,(H,26,27);1H/t19-,21?;/m0./s1. The molecule has 0 spiro atoms. The molecule has 1 heterocycles. The second-order valence-electron chi connectivity index (χ2n) is 7.57. The van der Waals surface area contributed by atoms with E-state index in [2.05, 4.69) is 40.2 Å². The second kappa shape index (κ2) is 13.6. The lowest BCUT2D eigenvalue weighted by atomic mass is 10.0. The zero-order valence-corrected chi connectivity index (χ0v) is 19.5. The van der Waals surface area contributed by atoms with Crippen LogP contribution in [0, 0.1) is 0 Å². The Hall–Kier alpha value is -1.80. The summed E-state index contributed by atoms with van der Waals surface area (Å²) in [6.07, 6.45) is 4.68. The summed E-state index contributed by atoms with van der Waals surface area (Å²) in [5.74, 6) is 0.239. The van der Waals surface area contributed by atoms with Crippen molar-refractivity contribution in [2.24, 2.45) is 0 Å². The maximum absolute atomic E-state index is 12.5. The molecular weight excluding hydrogens is 434 g/mol.